The number of hydrogen-bond acceptors (Lipinski definition) is 6. The topological polar surface area (TPSA) is 96.5 Å². The summed E-state index contributed by atoms with van der Waals surface area (Å²) in [6.45, 7) is 2.19. The normalized spacial score (nSPS) is 15.6. The van der Waals surface area contributed by atoms with Crippen molar-refractivity contribution in [3.05, 3.63) is 74.8 Å². The van der Waals surface area contributed by atoms with Crippen LogP contribution in [-0.4, -0.2) is 52.5 Å². The van der Waals surface area contributed by atoms with Crippen LogP contribution in [-0.2, 0) is 22.6 Å². The molecule has 8 nitrogen and oxygen atoms in total. The summed E-state index contributed by atoms with van der Waals surface area (Å²) in [6, 6.07) is 13.6. The van der Waals surface area contributed by atoms with Crippen molar-refractivity contribution in [2.45, 2.75) is 32.0 Å². The van der Waals surface area contributed by atoms with Gasteiger partial charge in [-0.25, -0.2) is 9.97 Å². The number of anilines is 1. The molecule has 0 saturated carbocycles. The van der Waals surface area contributed by atoms with Crippen molar-refractivity contribution in [1.29, 1.82) is 0 Å². The molecule has 1 fully saturated rings. The van der Waals surface area contributed by atoms with Gasteiger partial charge in [-0.2, -0.15) is 0 Å². The van der Waals surface area contributed by atoms with E-state index in [1.165, 1.54) is 0 Å². The summed E-state index contributed by atoms with van der Waals surface area (Å²) in [6.07, 6.45) is 3.35. The molecule has 2 aliphatic heterocycles. The Morgan fingerprint density at radius 2 is 2.03 bits per heavy atom. The van der Waals surface area contributed by atoms with Crippen LogP contribution < -0.4 is 10.6 Å². The summed E-state index contributed by atoms with van der Waals surface area (Å²) >= 11 is 9.86. The van der Waals surface area contributed by atoms with Gasteiger partial charge >= 0.3 is 0 Å². The van der Waals surface area contributed by atoms with Gasteiger partial charge in [0, 0.05) is 47.9 Å². The van der Waals surface area contributed by atoms with Crippen molar-refractivity contribution in [1.82, 2.24) is 20.2 Å². The first kappa shape index (κ1) is 24.7. The van der Waals surface area contributed by atoms with Gasteiger partial charge in [0.25, 0.3) is 5.91 Å². The first-order valence-electron chi connectivity index (χ1n) is 11.8. The Kier molecular flexibility index (Phi) is 7.50. The maximum absolute atomic E-state index is 13.1. The molecule has 3 heterocycles. The van der Waals surface area contributed by atoms with E-state index in [0.29, 0.717) is 48.5 Å². The van der Waals surface area contributed by atoms with E-state index in [0.717, 1.165) is 34.0 Å². The summed E-state index contributed by atoms with van der Waals surface area (Å²) in [5.41, 5.74) is 3.69. The number of carbonyl (C=O) groups excluding carboxylic acids is 2. The third-order valence-corrected chi connectivity index (χ3v) is 7.04. The lowest BCUT2D eigenvalue weighted by molar-refractivity contribution is -0.122. The molecular formula is C26H25BrClN5O3. The quantitative estimate of drug-likeness (QED) is 0.437. The molecule has 0 spiro atoms. The predicted molar refractivity (Wildman–Crippen MR) is 141 cm³/mol. The van der Waals surface area contributed by atoms with E-state index in [-0.39, 0.29) is 24.4 Å². The van der Waals surface area contributed by atoms with E-state index < -0.39 is 0 Å². The molecule has 36 heavy (non-hydrogen) atoms. The van der Waals surface area contributed by atoms with Gasteiger partial charge in [0.1, 0.15) is 6.54 Å². The van der Waals surface area contributed by atoms with Crippen LogP contribution in [0.1, 0.15) is 34.3 Å². The number of nitrogens with zero attached hydrogens (tertiary/aromatic N) is 3. The van der Waals surface area contributed by atoms with Gasteiger partial charge in [-0.15, -0.1) is 0 Å². The highest BCUT2D eigenvalue weighted by atomic mass is 79.9. The monoisotopic (exact) mass is 569 g/mol. The Labute approximate surface area is 222 Å². The van der Waals surface area contributed by atoms with E-state index in [1.54, 1.807) is 17.2 Å². The van der Waals surface area contributed by atoms with Crippen molar-refractivity contribution in [2.75, 3.05) is 25.1 Å². The van der Waals surface area contributed by atoms with Crippen LogP contribution >= 0.6 is 27.5 Å². The standard InChI is InChI=1S/C26H25BrClN5O3/c27-19-3-1-2-16(10-19)12-29-23(34)15-33-14-18-5-4-17(11-21(18)25(33)35)24-22(28)13-30-26(32-24)31-20-6-8-36-9-7-20/h1-5,10-11,13,20H,6-9,12,14-15H2,(H,29,34)(H,30,31,32). The van der Waals surface area contributed by atoms with Crippen molar-refractivity contribution >= 4 is 45.3 Å². The molecule has 2 aromatic carbocycles. The Morgan fingerprint density at radius 1 is 1.19 bits per heavy atom. The lowest BCUT2D eigenvalue weighted by atomic mass is 10.0. The number of ether oxygens (including phenoxy) is 1. The molecule has 0 radical (unpaired) electrons. The Balaban J connectivity index is 1.26. The van der Waals surface area contributed by atoms with Crippen molar-refractivity contribution in [3.63, 3.8) is 0 Å². The number of benzene rings is 2. The van der Waals surface area contributed by atoms with E-state index in [9.17, 15) is 9.59 Å². The molecule has 0 bridgehead atoms. The maximum atomic E-state index is 13.1. The fourth-order valence-corrected chi connectivity index (χ4v) is 5.02. The Morgan fingerprint density at radius 3 is 2.83 bits per heavy atom. The number of nitrogens with one attached hydrogen (secondary N) is 2. The average molecular weight is 571 g/mol. The largest absolute Gasteiger partial charge is 0.381 e. The zero-order chi connectivity index (χ0) is 25.1. The molecule has 2 aliphatic rings. The number of carbonyl (C=O) groups is 2. The highest BCUT2D eigenvalue weighted by Crippen LogP contribution is 2.31. The average Bonchev–Trinajstić information content (AvgIpc) is 3.19. The third kappa shape index (κ3) is 5.69. The van der Waals surface area contributed by atoms with Gasteiger partial charge in [-0.1, -0.05) is 51.8 Å². The molecule has 0 atom stereocenters. The minimum absolute atomic E-state index is 0.00964. The van der Waals surface area contributed by atoms with Gasteiger partial charge in [0.05, 0.1) is 16.9 Å². The second-order valence-electron chi connectivity index (χ2n) is 8.86. The first-order chi connectivity index (χ1) is 17.5. The molecule has 0 unspecified atom stereocenters. The van der Waals surface area contributed by atoms with Crippen LogP contribution in [0.2, 0.25) is 5.02 Å². The summed E-state index contributed by atoms with van der Waals surface area (Å²) in [5, 5.41) is 6.64. The second-order valence-corrected chi connectivity index (χ2v) is 10.2. The van der Waals surface area contributed by atoms with Gasteiger partial charge in [0.15, 0.2) is 0 Å². The molecule has 3 aromatic rings. The predicted octanol–water partition coefficient (Wildman–Crippen LogP) is 4.42. The number of fused-ring (bicyclic) bond motifs is 1. The third-order valence-electron chi connectivity index (χ3n) is 6.27. The van der Waals surface area contributed by atoms with Crippen molar-refractivity contribution in [3.8, 4) is 11.3 Å². The number of hydrogen-bond donors (Lipinski definition) is 2. The van der Waals surface area contributed by atoms with Crippen LogP contribution in [0.3, 0.4) is 0 Å². The Bertz CT molecular complexity index is 1300. The van der Waals surface area contributed by atoms with Crippen molar-refractivity contribution in [2.24, 2.45) is 0 Å². The molecular weight excluding hydrogens is 546 g/mol. The molecule has 0 aliphatic carbocycles. The zero-order valence-electron chi connectivity index (χ0n) is 19.5. The van der Waals surface area contributed by atoms with E-state index in [4.69, 9.17) is 16.3 Å². The van der Waals surface area contributed by atoms with Gasteiger partial charge in [-0.3, -0.25) is 9.59 Å². The van der Waals surface area contributed by atoms with Crippen LogP contribution in [0.5, 0.6) is 0 Å². The fraction of sp³-hybridized carbons (Fsp3) is 0.308. The van der Waals surface area contributed by atoms with Crippen LogP contribution in [0, 0.1) is 0 Å². The minimum Gasteiger partial charge on any atom is -0.381 e. The molecule has 10 heteroatoms. The van der Waals surface area contributed by atoms with Crippen LogP contribution in [0.15, 0.2) is 53.1 Å². The first-order valence-corrected chi connectivity index (χ1v) is 12.9. The Hall–Kier alpha value is -3.01. The number of aromatic nitrogens is 2. The summed E-state index contributed by atoms with van der Waals surface area (Å²) in [4.78, 5) is 36.1. The summed E-state index contributed by atoms with van der Waals surface area (Å²) < 4.78 is 6.36. The summed E-state index contributed by atoms with van der Waals surface area (Å²) in [7, 11) is 0. The van der Waals surface area contributed by atoms with Gasteiger partial charge in [-0.05, 0) is 42.2 Å². The number of amides is 2. The van der Waals surface area contributed by atoms with E-state index >= 15 is 0 Å². The molecule has 1 saturated heterocycles. The second kappa shape index (κ2) is 10.9. The summed E-state index contributed by atoms with van der Waals surface area (Å²) in [5.74, 6) is 0.103. The smallest absolute Gasteiger partial charge is 0.254 e. The molecule has 2 amide bonds. The van der Waals surface area contributed by atoms with E-state index in [2.05, 4.69) is 36.5 Å². The SMILES string of the molecule is O=C(CN1Cc2ccc(-c3nc(NC4CCOCC4)ncc3Cl)cc2C1=O)NCc1cccc(Br)c1. The van der Waals surface area contributed by atoms with Crippen molar-refractivity contribution < 1.29 is 14.3 Å². The number of halogens is 2. The lowest BCUT2D eigenvalue weighted by Crippen LogP contribution is -2.37. The molecule has 5 rings (SSSR count). The maximum Gasteiger partial charge on any atom is 0.254 e. The molecule has 1 aromatic heterocycles. The molecule has 186 valence electrons. The lowest BCUT2D eigenvalue weighted by Gasteiger charge is -2.23. The minimum atomic E-state index is -0.209. The van der Waals surface area contributed by atoms with Crippen LogP contribution in [0.4, 0.5) is 5.95 Å². The number of rotatable bonds is 7. The molecule has 2 N–H and O–H groups in total. The highest BCUT2D eigenvalue weighted by molar-refractivity contribution is 9.10. The van der Waals surface area contributed by atoms with E-state index in [1.807, 2.05) is 36.4 Å². The van der Waals surface area contributed by atoms with Crippen LogP contribution in [0.25, 0.3) is 11.3 Å². The fourth-order valence-electron chi connectivity index (χ4n) is 4.38. The van der Waals surface area contributed by atoms with Gasteiger partial charge < -0.3 is 20.3 Å². The zero-order valence-corrected chi connectivity index (χ0v) is 21.8. The highest BCUT2D eigenvalue weighted by Gasteiger charge is 2.29. The van der Waals surface area contributed by atoms with Gasteiger partial charge in [0.2, 0.25) is 11.9 Å².